The first-order valence-electron chi connectivity index (χ1n) is 4.38. The highest BCUT2D eigenvalue weighted by Crippen LogP contribution is 2.33. The van der Waals surface area contributed by atoms with Crippen molar-refractivity contribution in [3.05, 3.63) is 45.9 Å². The number of rotatable bonds is 2. The van der Waals surface area contributed by atoms with Gasteiger partial charge in [0.15, 0.2) is 0 Å². The second-order valence-corrected chi connectivity index (χ2v) is 4.18. The first-order valence-corrected chi connectivity index (χ1v) is 5.20. The molecule has 1 aromatic heterocycles. The number of nitrogens with zero attached hydrogens (tertiary/aromatic N) is 4. The van der Waals surface area contributed by atoms with E-state index in [4.69, 9.17) is 5.53 Å². The van der Waals surface area contributed by atoms with Crippen molar-refractivity contribution < 1.29 is 0 Å². The zero-order chi connectivity index (χ0) is 10.7. The molecule has 0 aliphatic carbocycles. The van der Waals surface area contributed by atoms with Crippen molar-refractivity contribution in [3.63, 3.8) is 0 Å². The summed E-state index contributed by atoms with van der Waals surface area (Å²) in [5, 5.41) is 4.65. The van der Waals surface area contributed by atoms with Gasteiger partial charge in [-0.2, -0.15) is 0 Å². The molecule has 4 nitrogen and oxygen atoms in total. The maximum absolute atomic E-state index is 8.44. The van der Waals surface area contributed by atoms with Gasteiger partial charge in [0.1, 0.15) is 0 Å². The van der Waals surface area contributed by atoms with Crippen LogP contribution >= 0.6 is 11.3 Å². The lowest BCUT2D eigenvalue weighted by Gasteiger charge is -1.99. The summed E-state index contributed by atoms with van der Waals surface area (Å²) < 4.78 is 0. The molecule has 1 heterocycles. The standard InChI is InChI=1S/C10H8N4S/c1-7-12-6-10(15-7)8-4-2-3-5-9(8)13-14-11/h2-6H,1H3. The molecule has 1 aromatic carbocycles. The van der Waals surface area contributed by atoms with E-state index in [2.05, 4.69) is 15.0 Å². The van der Waals surface area contributed by atoms with Crippen LogP contribution in [0.2, 0.25) is 0 Å². The number of hydrogen-bond donors (Lipinski definition) is 0. The molecule has 5 heteroatoms. The van der Waals surface area contributed by atoms with Crippen molar-refractivity contribution in [1.29, 1.82) is 0 Å². The zero-order valence-corrected chi connectivity index (χ0v) is 8.90. The Morgan fingerprint density at radius 3 is 2.87 bits per heavy atom. The van der Waals surface area contributed by atoms with Gasteiger partial charge in [-0.15, -0.1) is 11.3 Å². The summed E-state index contributed by atoms with van der Waals surface area (Å²) in [5.41, 5.74) is 10.0. The molecule has 2 rings (SSSR count). The minimum Gasteiger partial charge on any atom is -0.249 e. The number of aryl methyl sites for hydroxylation is 1. The zero-order valence-electron chi connectivity index (χ0n) is 8.08. The van der Waals surface area contributed by atoms with E-state index >= 15 is 0 Å². The van der Waals surface area contributed by atoms with E-state index < -0.39 is 0 Å². The van der Waals surface area contributed by atoms with Gasteiger partial charge in [-0.3, -0.25) is 0 Å². The van der Waals surface area contributed by atoms with E-state index in [-0.39, 0.29) is 0 Å². The van der Waals surface area contributed by atoms with Gasteiger partial charge in [-0.1, -0.05) is 29.4 Å². The Bertz CT molecular complexity index is 526. The summed E-state index contributed by atoms with van der Waals surface area (Å²) in [6.45, 7) is 1.95. The molecule has 0 bridgehead atoms. The van der Waals surface area contributed by atoms with Crippen LogP contribution in [0.1, 0.15) is 5.01 Å². The lowest BCUT2D eigenvalue weighted by atomic mass is 10.1. The molecule has 0 amide bonds. The molecule has 74 valence electrons. The Balaban J connectivity index is 2.56. The highest BCUT2D eigenvalue weighted by molar-refractivity contribution is 7.15. The van der Waals surface area contributed by atoms with Crippen LogP contribution in [-0.2, 0) is 0 Å². The molecule has 0 aliphatic heterocycles. The number of thiazole rings is 1. The molecule has 2 aromatic rings. The summed E-state index contributed by atoms with van der Waals surface area (Å²) in [5.74, 6) is 0. The Morgan fingerprint density at radius 2 is 2.20 bits per heavy atom. The van der Waals surface area contributed by atoms with Crippen LogP contribution in [0.25, 0.3) is 20.9 Å². The Labute approximate surface area is 90.8 Å². The first kappa shape index (κ1) is 9.71. The van der Waals surface area contributed by atoms with Gasteiger partial charge in [0.2, 0.25) is 0 Å². The largest absolute Gasteiger partial charge is 0.249 e. The molecule has 0 N–H and O–H groups in total. The van der Waals surface area contributed by atoms with Gasteiger partial charge < -0.3 is 0 Å². The van der Waals surface area contributed by atoms with Gasteiger partial charge in [-0.25, -0.2) is 4.98 Å². The molecule has 0 spiro atoms. The van der Waals surface area contributed by atoms with Gasteiger partial charge >= 0.3 is 0 Å². The molecule has 0 saturated heterocycles. The number of benzene rings is 1. The highest BCUT2D eigenvalue weighted by Gasteiger charge is 2.05. The predicted molar refractivity (Wildman–Crippen MR) is 61.1 cm³/mol. The molecule has 15 heavy (non-hydrogen) atoms. The number of azide groups is 1. The van der Waals surface area contributed by atoms with Gasteiger partial charge in [0.25, 0.3) is 0 Å². The summed E-state index contributed by atoms with van der Waals surface area (Å²) >= 11 is 1.59. The molecular formula is C10H8N4S. The average Bonchev–Trinajstić information content (AvgIpc) is 2.66. The fraction of sp³-hybridized carbons (Fsp3) is 0.100. The van der Waals surface area contributed by atoms with E-state index in [0.717, 1.165) is 15.4 Å². The van der Waals surface area contributed by atoms with E-state index in [9.17, 15) is 0 Å². The van der Waals surface area contributed by atoms with Crippen molar-refractivity contribution in [3.8, 4) is 10.4 Å². The van der Waals surface area contributed by atoms with Crippen molar-refractivity contribution in [1.82, 2.24) is 4.98 Å². The molecule has 0 radical (unpaired) electrons. The number of hydrogen-bond acceptors (Lipinski definition) is 3. The van der Waals surface area contributed by atoms with Gasteiger partial charge in [-0.05, 0) is 12.5 Å². The normalized spacial score (nSPS) is 9.67. The van der Waals surface area contributed by atoms with Crippen LogP contribution in [0, 0.1) is 6.92 Å². The topological polar surface area (TPSA) is 61.7 Å². The third-order valence-electron chi connectivity index (χ3n) is 1.94. The summed E-state index contributed by atoms with van der Waals surface area (Å²) in [6, 6.07) is 7.49. The van der Waals surface area contributed by atoms with Crippen LogP contribution in [0.3, 0.4) is 0 Å². The van der Waals surface area contributed by atoms with E-state index in [0.29, 0.717) is 5.69 Å². The molecule has 0 unspecified atom stereocenters. The van der Waals surface area contributed by atoms with E-state index in [1.165, 1.54) is 0 Å². The molecule has 0 fully saturated rings. The summed E-state index contributed by atoms with van der Waals surface area (Å²) in [6.07, 6.45) is 1.80. The summed E-state index contributed by atoms with van der Waals surface area (Å²) in [4.78, 5) is 8.01. The van der Waals surface area contributed by atoms with Crippen molar-refractivity contribution in [2.45, 2.75) is 6.92 Å². The highest BCUT2D eigenvalue weighted by atomic mass is 32.1. The SMILES string of the molecule is Cc1ncc(-c2ccccc2N=[N+]=[N-])s1. The Kier molecular flexibility index (Phi) is 2.67. The quantitative estimate of drug-likeness (QED) is 0.424. The van der Waals surface area contributed by atoms with Crippen LogP contribution in [0.4, 0.5) is 5.69 Å². The average molecular weight is 216 g/mol. The Hall–Kier alpha value is -1.84. The van der Waals surface area contributed by atoms with Crippen LogP contribution in [0.15, 0.2) is 35.6 Å². The van der Waals surface area contributed by atoms with Crippen molar-refractivity contribution >= 4 is 17.0 Å². The monoisotopic (exact) mass is 216 g/mol. The fourth-order valence-corrected chi connectivity index (χ4v) is 2.11. The van der Waals surface area contributed by atoms with Crippen molar-refractivity contribution in [2.24, 2.45) is 5.11 Å². The molecule has 0 aliphatic rings. The number of aromatic nitrogens is 1. The van der Waals surface area contributed by atoms with E-state index in [1.807, 2.05) is 25.1 Å². The third-order valence-corrected chi connectivity index (χ3v) is 2.89. The minimum atomic E-state index is 0.642. The second kappa shape index (κ2) is 4.13. The predicted octanol–water partition coefficient (Wildman–Crippen LogP) is 4.06. The first-order chi connectivity index (χ1) is 7.31. The molecular weight excluding hydrogens is 208 g/mol. The molecule has 0 saturated carbocycles. The third kappa shape index (κ3) is 1.98. The van der Waals surface area contributed by atoms with Crippen LogP contribution in [0.5, 0.6) is 0 Å². The Morgan fingerprint density at radius 1 is 1.40 bits per heavy atom. The molecule has 0 atom stereocenters. The van der Waals surface area contributed by atoms with Gasteiger partial charge in [0.05, 0.1) is 9.88 Å². The maximum atomic E-state index is 8.44. The summed E-state index contributed by atoms with van der Waals surface area (Å²) in [7, 11) is 0. The van der Waals surface area contributed by atoms with Crippen LogP contribution in [-0.4, -0.2) is 4.98 Å². The second-order valence-electron chi connectivity index (χ2n) is 2.95. The van der Waals surface area contributed by atoms with Gasteiger partial charge in [0, 0.05) is 22.4 Å². The smallest absolute Gasteiger partial charge is 0.0900 e. The van der Waals surface area contributed by atoms with E-state index in [1.54, 1.807) is 23.6 Å². The maximum Gasteiger partial charge on any atom is 0.0900 e. The van der Waals surface area contributed by atoms with Crippen molar-refractivity contribution in [2.75, 3.05) is 0 Å². The minimum absolute atomic E-state index is 0.642. The lowest BCUT2D eigenvalue weighted by molar-refractivity contribution is 1.30. The van der Waals surface area contributed by atoms with Crippen LogP contribution < -0.4 is 0 Å². The lowest BCUT2D eigenvalue weighted by Crippen LogP contribution is -1.72. The fourth-order valence-electron chi connectivity index (χ4n) is 1.30.